The lowest BCUT2D eigenvalue weighted by molar-refractivity contribution is 0.476. The minimum Gasteiger partial charge on any atom is -0.508 e. The van der Waals surface area contributed by atoms with E-state index in [0.717, 1.165) is 0 Å². The second-order valence-electron chi connectivity index (χ2n) is 3.81. The molecule has 0 spiro atoms. The van der Waals surface area contributed by atoms with Crippen molar-refractivity contribution in [1.82, 2.24) is 4.98 Å². The summed E-state index contributed by atoms with van der Waals surface area (Å²) in [5, 5.41) is 12.2. The highest BCUT2D eigenvalue weighted by Crippen LogP contribution is 2.24. The Morgan fingerprint density at radius 3 is 2.89 bits per heavy atom. The average molecular weight is 244 g/mol. The zero-order valence-corrected chi connectivity index (χ0v) is 9.22. The smallest absolute Gasteiger partial charge is 0.300 e. The highest BCUT2D eigenvalue weighted by atomic mass is 19.1. The van der Waals surface area contributed by atoms with Crippen molar-refractivity contribution in [2.75, 3.05) is 5.32 Å². The normalized spacial score (nSPS) is 10.7. The Morgan fingerprint density at radius 1 is 1.17 bits per heavy atom. The molecule has 0 aliphatic heterocycles. The number of aromatic hydroxyl groups is 1. The maximum Gasteiger partial charge on any atom is 0.300 e. The number of benzene rings is 2. The monoisotopic (exact) mass is 244 g/mol. The third kappa shape index (κ3) is 1.98. The lowest BCUT2D eigenvalue weighted by Gasteiger charge is -2.00. The van der Waals surface area contributed by atoms with Gasteiger partial charge < -0.3 is 14.8 Å². The fourth-order valence-corrected chi connectivity index (χ4v) is 1.66. The van der Waals surface area contributed by atoms with E-state index in [1.54, 1.807) is 18.2 Å². The SMILES string of the molecule is Oc1ccc2oc(Nc3cccc(F)c3)nc2c1. The zero-order chi connectivity index (χ0) is 12.5. The van der Waals surface area contributed by atoms with Crippen LogP contribution in [0, 0.1) is 5.82 Å². The van der Waals surface area contributed by atoms with E-state index in [9.17, 15) is 9.50 Å². The van der Waals surface area contributed by atoms with Gasteiger partial charge in [0.1, 0.15) is 17.1 Å². The summed E-state index contributed by atoms with van der Waals surface area (Å²) < 4.78 is 18.4. The number of nitrogens with one attached hydrogen (secondary N) is 1. The minimum absolute atomic E-state index is 0.119. The molecule has 0 aliphatic rings. The summed E-state index contributed by atoms with van der Waals surface area (Å²) in [6, 6.07) is 10.9. The summed E-state index contributed by atoms with van der Waals surface area (Å²) in [5.41, 5.74) is 1.63. The predicted molar refractivity (Wildman–Crippen MR) is 65.4 cm³/mol. The number of phenolic OH excluding ortho intramolecular Hbond substituents is 1. The Balaban J connectivity index is 1.95. The number of phenols is 1. The van der Waals surface area contributed by atoms with Gasteiger partial charge in [0.25, 0.3) is 6.01 Å². The van der Waals surface area contributed by atoms with Crippen molar-refractivity contribution < 1.29 is 13.9 Å². The molecule has 2 aromatic carbocycles. The standard InChI is InChI=1S/C13H9FN2O2/c14-8-2-1-3-9(6-8)15-13-16-11-7-10(17)4-5-12(11)18-13/h1-7,17H,(H,15,16). The number of anilines is 2. The first-order valence-electron chi connectivity index (χ1n) is 5.33. The first kappa shape index (κ1) is 10.6. The van der Waals surface area contributed by atoms with Gasteiger partial charge in [-0.3, -0.25) is 0 Å². The lowest BCUT2D eigenvalue weighted by Crippen LogP contribution is -1.90. The molecule has 5 heteroatoms. The second-order valence-corrected chi connectivity index (χ2v) is 3.81. The Hall–Kier alpha value is -2.56. The van der Waals surface area contributed by atoms with Gasteiger partial charge >= 0.3 is 0 Å². The molecule has 0 amide bonds. The summed E-state index contributed by atoms with van der Waals surface area (Å²) in [4.78, 5) is 4.14. The molecule has 4 nitrogen and oxygen atoms in total. The van der Waals surface area contributed by atoms with E-state index in [1.165, 1.54) is 24.3 Å². The number of halogens is 1. The topological polar surface area (TPSA) is 58.3 Å². The lowest BCUT2D eigenvalue weighted by atomic mass is 10.3. The van der Waals surface area contributed by atoms with Gasteiger partial charge in [-0.05, 0) is 30.3 Å². The van der Waals surface area contributed by atoms with Gasteiger partial charge in [0.15, 0.2) is 5.58 Å². The van der Waals surface area contributed by atoms with Crippen LogP contribution in [-0.2, 0) is 0 Å². The van der Waals surface area contributed by atoms with Gasteiger partial charge in [-0.25, -0.2) is 4.39 Å². The van der Waals surface area contributed by atoms with Crippen LogP contribution in [0.25, 0.3) is 11.1 Å². The number of oxazole rings is 1. The fourth-order valence-electron chi connectivity index (χ4n) is 1.66. The van der Waals surface area contributed by atoms with Crippen molar-refractivity contribution >= 4 is 22.8 Å². The van der Waals surface area contributed by atoms with E-state index in [2.05, 4.69) is 10.3 Å². The molecule has 3 rings (SSSR count). The van der Waals surface area contributed by atoms with Crippen molar-refractivity contribution in [3.63, 3.8) is 0 Å². The molecule has 0 saturated carbocycles. The van der Waals surface area contributed by atoms with Crippen LogP contribution < -0.4 is 5.32 Å². The van der Waals surface area contributed by atoms with Crippen LogP contribution in [-0.4, -0.2) is 10.1 Å². The quantitative estimate of drug-likeness (QED) is 0.725. The third-order valence-corrected chi connectivity index (χ3v) is 2.45. The van der Waals surface area contributed by atoms with Gasteiger partial charge in [-0.15, -0.1) is 0 Å². The van der Waals surface area contributed by atoms with E-state index >= 15 is 0 Å². The molecule has 0 atom stereocenters. The van der Waals surface area contributed by atoms with Crippen LogP contribution >= 0.6 is 0 Å². The molecular weight excluding hydrogens is 235 g/mol. The summed E-state index contributed by atoms with van der Waals surface area (Å²) in [6.45, 7) is 0. The van der Waals surface area contributed by atoms with E-state index in [-0.39, 0.29) is 17.6 Å². The van der Waals surface area contributed by atoms with Crippen molar-refractivity contribution in [1.29, 1.82) is 0 Å². The van der Waals surface area contributed by atoms with Gasteiger partial charge in [0.05, 0.1) is 0 Å². The fraction of sp³-hybridized carbons (Fsp3) is 0. The molecule has 0 aliphatic carbocycles. The number of fused-ring (bicyclic) bond motifs is 1. The van der Waals surface area contributed by atoms with Crippen LogP contribution in [0.1, 0.15) is 0 Å². The Labute approximate surface area is 102 Å². The molecule has 0 saturated heterocycles. The molecule has 18 heavy (non-hydrogen) atoms. The predicted octanol–water partition coefficient (Wildman–Crippen LogP) is 3.42. The van der Waals surface area contributed by atoms with Crippen molar-refractivity contribution in [3.8, 4) is 5.75 Å². The number of nitrogens with zero attached hydrogens (tertiary/aromatic N) is 1. The molecule has 0 bridgehead atoms. The molecular formula is C13H9FN2O2. The number of rotatable bonds is 2. The number of hydrogen-bond donors (Lipinski definition) is 2. The summed E-state index contributed by atoms with van der Waals surface area (Å²) >= 11 is 0. The summed E-state index contributed by atoms with van der Waals surface area (Å²) in [5.74, 6) is -0.220. The molecule has 0 unspecified atom stereocenters. The molecule has 1 aromatic heterocycles. The van der Waals surface area contributed by atoms with E-state index in [0.29, 0.717) is 16.8 Å². The van der Waals surface area contributed by atoms with Gasteiger partial charge in [-0.1, -0.05) is 6.07 Å². The van der Waals surface area contributed by atoms with Crippen molar-refractivity contribution in [2.45, 2.75) is 0 Å². The molecule has 2 N–H and O–H groups in total. The van der Waals surface area contributed by atoms with Crippen LogP contribution in [0.4, 0.5) is 16.1 Å². The molecule has 90 valence electrons. The average Bonchev–Trinajstić information content (AvgIpc) is 2.70. The van der Waals surface area contributed by atoms with E-state index < -0.39 is 0 Å². The van der Waals surface area contributed by atoms with Crippen LogP contribution in [0.2, 0.25) is 0 Å². The molecule has 3 aromatic rings. The van der Waals surface area contributed by atoms with Crippen molar-refractivity contribution in [3.05, 3.63) is 48.3 Å². The highest BCUT2D eigenvalue weighted by Gasteiger charge is 2.06. The first-order valence-corrected chi connectivity index (χ1v) is 5.33. The minimum atomic E-state index is -0.339. The second kappa shape index (κ2) is 4.03. The highest BCUT2D eigenvalue weighted by molar-refractivity contribution is 5.76. The van der Waals surface area contributed by atoms with E-state index in [4.69, 9.17) is 4.42 Å². The van der Waals surface area contributed by atoms with Gasteiger partial charge in [0, 0.05) is 11.8 Å². The zero-order valence-electron chi connectivity index (χ0n) is 9.22. The third-order valence-electron chi connectivity index (χ3n) is 2.45. The molecule has 0 radical (unpaired) electrons. The Kier molecular flexibility index (Phi) is 2.37. The molecule has 0 fully saturated rings. The van der Waals surface area contributed by atoms with Gasteiger partial charge in [-0.2, -0.15) is 4.98 Å². The maximum atomic E-state index is 13.0. The Bertz CT molecular complexity index is 709. The first-order chi connectivity index (χ1) is 8.70. The van der Waals surface area contributed by atoms with Gasteiger partial charge in [0.2, 0.25) is 0 Å². The van der Waals surface area contributed by atoms with E-state index in [1.807, 2.05) is 0 Å². The number of aromatic nitrogens is 1. The Morgan fingerprint density at radius 2 is 2.06 bits per heavy atom. The van der Waals surface area contributed by atoms with Crippen molar-refractivity contribution in [2.24, 2.45) is 0 Å². The van der Waals surface area contributed by atoms with Crippen LogP contribution in [0.5, 0.6) is 5.75 Å². The van der Waals surface area contributed by atoms with Crippen LogP contribution in [0.3, 0.4) is 0 Å². The largest absolute Gasteiger partial charge is 0.508 e. The summed E-state index contributed by atoms with van der Waals surface area (Å²) in [6.07, 6.45) is 0. The van der Waals surface area contributed by atoms with Crippen LogP contribution in [0.15, 0.2) is 46.9 Å². The molecule has 1 heterocycles. The maximum absolute atomic E-state index is 13.0. The number of hydrogen-bond acceptors (Lipinski definition) is 4. The summed E-state index contributed by atoms with van der Waals surface area (Å²) in [7, 11) is 0.